The van der Waals surface area contributed by atoms with Crippen molar-refractivity contribution in [3.8, 4) is 11.5 Å². The summed E-state index contributed by atoms with van der Waals surface area (Å²) in [6.07, 6.45) is 0.874. The first-order chi connectivity index (χ1) is 8.82. The number of hydrogen-bond donors (Lipinski definition) is 1. The summed E-state index contributed by atoms with van der Waals surface area (Å²) in [7, 11) is -3.84. The van der Waals surface area contributed by atoms with E-state index in [1.54, 1.807) is 0 Å². The predicted molar refractivity (Wildman–Crippen MR) is 62.5 cm³/mol. The zero-order valence-electron chi connectivity index (χ0n) is 9.87. The van der Waals surface area contributed by atoms with Crippen molar-refractivity contribution in [2.45, 2.75) is 4.90 Å². The number of sulfone groups is 1. The van der Waals surface area contributed by atoms with Gasteiger partial charge in [-0.1, -0.05) is 0 Å². The van der Waals surface area contributed by atoms with Crippen LogP contribution >= 0.6 is 0 Å². The molecule has 102 valence electrons. The average molecular weight is 286 g/mol. The highest BCUT2D eigenvalue weighted by Crippen LogP contribution is 2.39. The van der Waals surface area contributed by atoms with Crippen molar-refractivity contribution in [2.75, 3.05) is 19.5 Å². The molecule has 8 heteroatoms. The number of ether oxygens (including phenoxy) is 2. The minimum Gasteiger partial charge on any atom is -0.486 e. The van der Waals surface area contributed by atoms with E-state index in [2.05, 4.69) is 0 Å². The van der Waals surface area contributed by atoms with Gasteiger partial charge in [-0.25, -0.2) is 13.2 Å². The SMILES string of the molecule is CS(=O)(=O)c1c(C(=O)C(=O)O)ccc2c1OCCO2. The van der Waals surface area contributed by atoms with E-state index in [9.17, 15) is 18.0 Å². The largest absolute Gasteiger partial charge is 0.486 e. The molecule has 1 aromatic carbocycles. The molecule has 1 aliphatic heterocycles. The molecule has 0 aliphatic carbocycles. The number of aliphatic carboxylic acids is 1. The molecule has 0 saturated carbocycles. The lowest BCUT2D eigenvalue weighted by Gasteiger charge is -2.21. The molecule has 0 spiro atoms. The van der Waals surface area contributed by atoms with Gasteiger partial charge in [-0.15, -0.1) is 0 Å². The van der Waals surface area contributed by atoms with Crippen LogP contribution in [0, 0.1) is 0 Å². The Morgan fingerprint density at radius 2 is 1.84 bits per heavy atom. The van der Waals surface area contributed by atoms with Gasteiger partial charge in [0.2, 0.25) is 0 Å². The Morgan fingerprint density at radius 3 is 2.42 bits per heavy atom. The fourth-order valence-corrected chi connectivity index (χ4v) is 2.81. The van der Waals surface area contributed by atoms with Crippen LogP contribution in [0.15, 0.2) is 17.0 Å². The van der Waals surface area contributed by atoms with E-state index in [4.69, 9.17) is 14.6 Å². The number of hydrogen-bond acceptors (Lipinski definition) is 6. The van der Waals surface area contributed by atoms with E-state index in [1.165, 1.54) is 6.07 Å². The zero-order chi connectivity index (χ0) is 14.2. The molecule has 1 aromatic rings. The summed E-state index contributed by atoms with van der Waals surface area (Å²) in [5.41, 5.74) is -0.431. The first-order valence-corrected chi connectivity index (χ1v) is 7.12. The molecule has 0 unspecified atom stereocenters. The third kappa shape index (κ3) is 2.39. The summed E-state index contributed by atoms with van der Waals surface area (Å²) in [4.78, 5) is 21.8. The molecule has 0 saturated heterocycles. The van der Waals surface area contributed by atoms with E-state index in [-0.39, 0.29) is 24.7 Å². The Bertz CT molecular complexity index is 660. The number of fused-ring (bicyclic) bond motifs is 1. The van der Waals surface area contributed by atoms with Crippen LogP contribution in [-0.4, -0.2) is 44.7 Å². The Balaban J connectivity index is 2.76. The summed E-state index contributed by atoms with van der Waals surface area (Å²) in [5.74, 6) is -2.98. The van der Waals surface area contributed by atoms with Crippen molar-refractivity contribution in [3.63, 3.8) is 0 Å². The van der Waals surface area contributed by atoms with Gasteiger partial charge in [0.15, 0.2) is 21.3 Å². The molecule has 2 rings (SSSR count). The van der Waals surface area contributed by atoms with Crippen molar-refractivity contribution < 1.29 is 32.6 Å². The van der Waals surface area contributed by atoms with Crippen LogP contribution in [-0.2, 0) is 14.6 Å². The van der Waals surface area contributed by atoms with E-state index in [0.717, 1.165) is 12.3 Å². The van der Waals surface area contributed by atoms with Crippen LogP contribution in [0.2, 0.25) is 0 Å². The number of rotatable bonds is 3. The summed E-state index contributed by atoms with van der Waals surface area (Å²) in [5, 5.41) is 8.71. The second-order valence-electron chi connectivity index (χ2n) is 3.87. The van der Waals surface area contributed by atoms with Crippen LogP contribution in [0.3, 0.4) is 0 Å². The fourth-order valence-electron chi connectivity index (χ4n) is 1.75. The Kier molecular flexibility index (Phi) is 3.19. The fraction of sp³-hybridized carbons (Fsp3) is 0.273. The van der Waals surface area contributed by atoms with E-state index in [1.807, 2.05) is 0 Å². The van der Waals surface area contributed by atoms with Crippen LogP contribution in [0.1, 0.15) is 10.4 Å². The van der Waals surface area contributed by atoms with Crippen molar-refractivity contribution in [1.29, 1.82) is 0 Å². The number of Topliss-reactive ketones (excluding diaryl/α,β-unsaturated/α-hetero) is 1. The second kappa shape index (κ2) is 4.54. The number of carbonyl (C=O) groups excluding carboxylic acids is 1. The molecule has 0 amide bonds. The third-order valence-electron chi connectivity index (χ3n) is 2.47. The summed E-state index contributed by atoms with van der Waals surface area (Å²) in [6, 6.07) is 2.43. The lowest BCUT2D eigenvalue weighted by atomic mass is 10.1. The highest BCUT2D eigenvalue weighted by molar-refractivity contribution is 7.91. The highest BCUT2D eigenvalue weighted by atomic mass is 32.2. The average Bonchev–Trinajstić information content (AvgIpc) is 2.35. The lowest BCUT2D eigenvalue weighted by Crippen LogP contribution is -2.21. The van der Waals surface area contributed by atoms with Crippen molar-refractivity contribution in [1.82, 2.24) is 0 Å². The van der Waals surface area contributed by atoms with E-state index < -0.39 is 32.0 Å². The number of carboxylic acid groups (broad SMARTS) is 1. The molecular weight excluding hydrogens is 276 g/mol. The van der Waals surface area contributed by atoms with Gasteiger partial charge in [0, 0.05) is 6.26 Å². The number of benzene rings is 1. The highest BCUT2D eigenvalue weighted by Gasteiger charge is 2.31. The van der Waals surface area contributed by atoms with Gasteiger partial charge in [0.1, 0.15) is 18.1 Å². The smallest absolute Gasteiger partial charge is 0.377 e. The normalized spacial score (nSPS) is 13.9. The summed E-state index contributed by atoms with van der Waals surface area (Å²) >= 11 is 0. The van der Waals surface area contributed by atoms with Crippen molar-refractivity contribution >= 4 is 21.6 Å². The van der Waals surface area contributed by atoms with Gasteiger partial charge in [0.25, 0.3) is 5.78 Å². The third-order valence-corrected chi connectivity index (χ3v) is 3.62. The first-order valence-electron chi connectivity index (χ1n) is 5.22. The van der Waals surface area contributed by atoms with Crippen LogP contribution in [0.4, 0.5) is 0 Å². The minimum absolute atomic E-state index is 0.110. The molecular formula is C11H10O7S. The van der Waals surface area contributed by atoms with Gasteiger partial charge < -0.3 is 14.6 Å². The molecule has 0 bridgehead atoms. The van der Waals surface area contributed by atoms with Gasteiger partial charge in [-0.3, -0.25) is 4.79 Å². The molecule has 0 aromatic heterocycles. The zero-order valence-corrected chi connectivity index (χ0v) is 10.7. The maximum Gasteiger partial charge on any atom is 0.377 e. The number of ketones is 1. The molecule has 0 atom stereocenters. The number of carboxylic acids is 1. The maximum atomic E-state index is 11.8. The van der Waals surface area contributed by atoms with Crippen LogP contribution < -0.4 is 9.47 Å². The first kappa shape index (κ1) is 13.3. The molecule has 0 radical (unpaired) electrons. The number of carbonyl (C=O) groups is 2. The van der Waals surface area contributed by atoms with Gasteiger partial charge in [0.05, 0.1) is 5.56 Å². The van der Waals surface area contributed by atoms with E-state index >= 15 is 0 Å². The van der Waals surface area contributed by atoms with Crippen molar-refractivity contribution in [3.05, 3.63) is 17.7 Å². The second-order valence-corrected chi connectivity index (χ2v) is 5.83. The molecule has 1 aliphatic rings. The Hall–Kier alpha value is -2.09. The monoisotopic (exact) mass is 286 g/mol. The Labute approximate surface area is 108 Å². The molecule has 7 nitrogen and oxygen atoms in total. The molecule has 1 N–H and O–H groups in total. The molecule has 1 heterocycles. The molecule has 0 fully saturated rings. The van der Waals surface area contributed by atoms with Crippen LogP contribution in [0.5, 0.6) is 11.5 Å². The predicted octanol–water partition coefficient (Wildman–Crippen LogP) is 0.129. The van der Waals surface area contributed by atoms with Crippen LogP contribution in [0.25, 0.3) is 0 Å². The maximum absolute atomic E-state index is 11.8. The van der Waals surface area contributed by atoms with Gasteiger partial charge >= 0.3 is 5.97 Å². The summed E-state index contributed by atoms with van der Waals surface area (Å²) < 4.78 is 34.0. The minimum atomic E-state index is -3.84. The molecule has 19 heavy (non-hydrogen) atoms. The quantitative estimate of drug-likeness (QED) is 0.621. The summed E-state index contributed by atoms with van der Waals surface area (Å²) in [6.45, 7) is 0.378. The topological polar surface area (TPSA) is 107 Å². The van der Waals surface area contributed by atoms with Gasteiger partial charge in [-0.05, 0) is 12.1 Å². The standard InChI is InChI=1S/C11H10O7S/c1-19(15,16)10-6(8(12)11(13)14)2-3-7-9(10)18-5-4-17-7/h2-3H,4-5H2,1H3,(H,13,14). The Morgan fingerprint density at radius 1 is 1.21 bits per heavy atom. The lowest BCUT2D eigenvalue weighted by molar-refractivity contribution is -0.131. The van der Waals surface area contributed by atoms with Gasteiger partial charge in [-0.2, -0.15) is 0 Å². The van der Waals surface area contributed by atoms with E-state index in [0.29, 0.717) is 0 Å². The van der Waals surface area contributed by atoms with Crippen molar-refractivity contribution in [2.24, 2.45) is 0 Å².